The summed E-state index contributed by atoms with van der Waals surface area (Å²) in [4.78, 5) is 2.72. The minimum atomic E-state index is 0.560. The predicted octanol–water partition coefficient (Wildman–Crippen LogP) is 2.00. The standard InChI is InChI=1S/C12H24N2/c1-3-11-5-9-14(10-8-13-11)12(2)6-4-7-12/h11,13H,3-10H2,1-2H3. The highest BCUT2D eigenvalue weighted by Gasteiger charge is 2.37. The van der Waals surface area contributed by atoms with Crippen LogP contribution in [0.1, 0.15) is 46.0 Å². The molecular weight excluding hydrogens is 172 g/mol. The molecule has 1 unspecified atom stereocenters. The highest BCUT2D eigenvalue weighted by Crippen LogP contribution is 2.37. The number of hydrogen-bond donors (Lipinski definition) is 1. The molecule has 0 aromatic rings. The maximum absolute atomic E-state index is 3.64. The summed E-state index contributed by atoms with van der Waals surface area (Å²) in [7, 11) is 0. The van der Waals surface area contributed by atoms with Crippen LogP contribution in [0.5, 0.6) is 0 Å². The summed E-state index contributed by atoms with van der Waals surface area (Å²) in [6.07, 6.45) is 6.90. The summed E-state index contributed by atoms with van der Waals surface area (Å²) >= 11 is 0. The summed E-state index contributed by atoms with van der Waals surface area (Å²) in [5.74, 6) is 0. The lowest BCUT2D eigenvalue weighted by Crippen LogP contribution is -2.52. The number of hydrogen-bond acceptors (Lipinski definition) is 2. The van der Waals surface area contributed by atoms with Crippen molar-refractivity contribution in [3.8, 4) is 0 Å². The zero-order chi connectivity index (χ0) is 10.0. The van der Waals surface area contributed by atoms with Crippen LogP contribution in [-0.2, 0) is 0 Å². The van der Waals surface area contributed by atoms with Crippen LogP contribution in [0.4, 0.5) is 0 Å². The van der Waals surface area contributed by atoms with Crippen LogP contribution < -0.4 is 5.32 Å². The second-order valence-corrected chi connectivity index (χ2v) is 5.19. The molecule has 1 saturated carbocycles. The van der Waals surface area contributed by atoms with E-state index in [9.17, 15) is 0 Å². The third-order valence-corrected chi connectivity index (χ3v) is 4.25. The van der Waals surface area contributed by atoms with Crippen LogP contribution in [0.2, 0.25) is 0 Å². The second kappa shape index (κ2) is 4.19. The largest absolute Gasteiger partial charge is 0.313 e. The van der Waals surface area contributed by atoms with Crippen molar-refractivity contribution >= 4 is 0 Å². The van der Waals surface area contributed by atoms with E-state index < -0.39 is 0 Å². The average Bonchev–Trinajstić information content (AvgIpc) is 2.39. The lowest BCUT2D eigenvalue weighted by atomic mass is 9.77. The molecule has 0 spiro atoms. The van der Waals surface area contributed by atoms with Crippen molar-refractivity contribution in [3.05, 3.63) is 0 Å². The summed E-state index contributed by atoms with van der Waals surface area (Å²) < 4.78 is 0. The van der Waals surface area contributed by atoms with E-state index in [-0.39, 0.29) is 0 Å². The molecule has 1 N–H and O–H groups in total. The first-order valence-electron chi connectivity index (χ1n) is 6.23. The van der Waals surface area contributed by atoms with Gasteiger partial charge in [-0.1, -0.05) is 6.92 Å². The van der Waals surface area contributed by atoms with E-state index in [0.29, 0.717) is 5.54 Å². The van der Waals surface area contributed by atoms with Crippen molar-refractivity contribution in [2.75, 3.05) is 19.6 Å². The molecule has 82 valence electrons. The minimum Gasteiger partial charge on any atom is -0.313 e. The fraction of sp³-hybridized carbons (Fsp3) is 1.00. The van der Waals surface area contributed by atoms with Crippen LogP contribution in [0.15, 0.2) is 0 Å². The van der Waals surface area contributed by atoms with Crippen LogP contribution in [-0.4, -0.2) is 36.1 Å². The molecular formula is C12H24N2. The molecule has 2 nitrogen and oxygen atoms in total. The molecule has 1 aliphatic heterocycles. The van der Waals surface area contributed by atoms with Gasteiger partial charge in [-0.3, -0.25) is 4.90 Å². The fourth-order valence-corrected chi connectivity index (χ4v) is 2.82. The highest BCUT2D eigenvalue weighted by atomic mass is 15.2. The van der Waals surface area contributed by atoms with E-state index >= 15 is 0 Å². The van der Waals surface area contributed by atoms with Crippen LogP contribution in [0.3, 0.4) is 0 Å². The van der Waals surface area contributed by atoms with Gasteiger partial charge in [0.15, 0.2) is 0 Å². The van der Waals surface area contributed by atoms with Crippen LogP contribution >= 0.6 is 0 Å². The first-order chi connectivity index (χ1) is 6.74. The molecule has 0 bridgehead atoms. The van der Waals surface area contributed by atoms with Gasteiger partial charge in [0.2, 0.25) is 0 Å². The maximum atomic E-state index is 3.64. The molecule has 0 amide bonds. The SMILES string of the molecule is CCC1CCN(C2(C)CCC2)CCN1. The van der Waals surface area contributed by atoms with Gasteiger partial charge < -0.3 is 5.32 Å². The van der Waals surface area contributed by atoms with Crippen molar-refractivity contribution in [2.45, 2.75) is 57.5 Å². The van der Waals surface area contributed by atoms with Crippen LogP contribution in [0, 0.1) is 0 Å². The molecule has 0 aromatic heterocycles. The Kier molecular flexibility index (Phi) is 3.13. The molecule has 1 saturated heterocycles. The maximum Gasteiger partial charge on any atom is 0.0182 e. The molecule has 1 aliphatic carbocycles. The molecule has 1 atom stereocenters. The van der Waals surface area contributed by atoms with Crippen molar-refractivity contribution in [3.63, 3.8) is 0 Å². The van der Waals surface area contributed by atoms with E-state index in [1.165, 1.54) is 51.7 Å². The smallest absolute Gasteiger partial charge is 0.0182 e. The van der Waals surface area contributed by atoms with Gasteiger partial charge in [-0.05, 0) is 39.0 Å². The number of nitrogens with one attached hydrogen (secondary N) is 1. The van der Waals surface area contributed by atoms with Gasteiger partial charge in [-0.25, -0.2) is 0 Å². The Morgan fingerprint density at radius 3 is 2.71 bits per heavy atom. The second-order valence-electron chi connectivity index (χ2n) is 5.19. The van der Waals surface area contributed by atoms with E-state index in [1.807, 2.05) is 0 Å². The van der Waals surface area contributed by atoms with Gasteiger partial charge >= 0.3 is 0 Å². The van der Waals surface area contributed by atoms with Gasteiger partial charge in [-0.15, -0.1) is 0 Å². The Hall–Kier alpha value is -0.0800. The predicted molar refractivity (Wildman–Crippen MR) is 60.5 cm³/mol. The third kappa shape index (κ3) is 1.96. The van der Waals surface area contributed by atoms with Crippen molar-refractivity contribution < 1.29 is 0 Å². The average molecular weight is 196 g/mol. The van der Waals surface area contributed by atoms with Crippen LogP contribution in [0.25, 0.3) is 0 Å². The number of rotatable bonds is 2. The minimum absolute atomic E-state index is 0.560. The Labute approximate surface area is 88.1 Å². The quantitative estimate of drug-likeness (QED) is 0.727. The summed E-state index contributed by atoms with van der Waals surface area (Å²) in [6.45, 7) is 8.49. The Bertz CT molecular complexity index is 187. The van der Waals surface area contributed by atoms with Gasteiger partial charge in [0, 0.05) is 31.2 Å². The third-order valence-electron chi connectivity index (χ3n) is 4.25. The van der Waals surface area contributed by atoms with Crippen molar-refractivity contribution in [1.29, 1.82) is 0 Å². The highest BCUT2D eigenvalue weighted by molar-refractivity contribution is 4.95. The first kappa shape index (κ1) is 10.4. The summed E-state index contributed by atoms with van der Waals surface area (Å²) in [5, 5.41) is 3.64. The zero-order valence-corrected chi connectivity index (χ0v) is 9.68. The normalized spacial score (nSPS) is 33.4. The van der Waals surface area contributed by atoms with Crippen molar-refractivity contribution in [1.82, 2.24) is 10.2 Å². The lowest BCUT2D eigenvalue weighted by Gasteiger charge is -2.47. The summed E-state index contributed by atoms with van der Waals surface area (Å²) in [6, 6.07) is 0.767. The molecule has 0 radical (unpaired) electrons. The Morgan fingerprint density at radius 1 is 1.36 bits per heavy atom. The van der Waals surface area contributed by atoms with Gasteiger partial charge in [-0.2, -0.15) is 0 Å². The molecule has 1 heterocycles. The van der Waals surface area contributed by atoms with Crippen molar-refractivity contribution in [2.24, 2.45) is 0 Å². The van der Waals surface area contributed by atoms with Gasteiger partial charge in [0.1, 0.15) is 0 Å². The topological polar surface area (TPSA) is 15.3 Å². The fourth-order valence-electron chi connectivity index (χ4n) is 2.82. The lowest BCUT2D eigenvalue weighted by molar-refractivity contribution is 0.0375. The van der Waals surface area contributed by atoms with E-state index in [1.54, 1.807) is 0 Å². The molecule has 2 heteroatoms. The van der Waals surface area contributed by atoms with E-state index in [4.69, 9.17) is 0 Å². The zero-order valence-electron chi connectivity index (χ0n) is 9.68. The monoisotopic (exact) mass is 196 g/mol. The van der Waals surface area contributed by atoms with Gasteiger partial charge in [0.25, 0.3) is 0 Å². The molecule has 14 heavy (non-hydrogen) atoms. The first-order valence-corrected chi connectivity index (χ1v) is 6.23. The van der Waals surface area contributed by atoms with E-state index in [0.717, 1.165) is 6.04 Å². The molecule has 2 fully saturated rings. The van der Waals surface area contributed by atoms with E-state index in [2.05, 4.69) is 24.1 Å². The molecule has 2 rings (SSSR count). The molecule has 0 aromatic carbocycles. The van der Waals surface area contributed by atoms with Gasteiger partial charge in [0.05, 0.1) is 0 Å². The Morgan fingerprint density at radius 2 is 2.14 bits per heavy atom. The molecule has 2 aliphatic rings. The summed E-state index contributed by atoms with van der Waals surface area (Å²) in [5.41, 5.74) is 0.560. The number of nitrogens with zero attached hydrogens (tertiary/aromatic N) is 1. The Balaban J connectivity index is 1.88.